The molecule has 7 heteroatoms. The number of benzene rings is 1. The van der Waals surface area contributed by atoms with Crippen LogP contribution in [-0.4, -0.2) is 27.0 Å². The van der Waals surface area contributed by atoms with Gasteiger partial charge in [0.25, 0.3) is 15.0 Å². The molecule has 1 saturated carbocycles. The van der Waals surface area contributed by atoms with Crippen LogP contribution in [0.15, 0.2) is 23.1 Å². The number of halogens is 1. The molecule has 0 bridgehead atoms. The Hall–Kier alpha value is -1.27. The van der Waals surface area contributed by atoms with Crippen LogP contribution in [0.2, 0.25) is 0 Å². The molecule has 5 nitrogen and oxygen atoms in total. The van der Waals surface area contributed by atoms with Crippen LogP contribution in [0.4, 0.5) is 0 Å². The van der Waals surface area contributed by atoms with Gasteiger partial charge >= 0.3 is 0 Å². The molecule has 1 amide bonds. The molecule has 1 aliphatic rings. The van der Waals surface area contributed by atoms with Gasteiger partial charge in [0.1, 0.15) is 5.75 Å². The van der Waals surface area contributed by atoms with Crippen molar-refractivity contribution in [2.75, 3.05) is 6.61 Å². The Labute approximate surface area is 122 Å². The molecule has 20 heavy (non-hydrogen) atoms. The van der Waals surface area contributed by atoms with E-state index in [-0.39, 0.29) is 22.4 Å². The SMILES string of the molecule is CCOc1ccc(S(=O)(=O)Cl)cc1C(=O)NC1CCC1. The van der Waals surface area contributed by atoms with Crippen molar-refractivity contribution >= 4 is 25.6 Å². The fourth-order valence-electron chi connectivity index (χ4n) is 1.94. The molecule has 0 saturated heterocycles. The molecule has 0 radical (unpaired) electrons. The molecule has 0 heterocycles. The second kappa shape index (κ2) is 6.01. The van der Waals surface area contributed by atoms with E-state index in [9.17, 15) is 13.2 Å². The Morgan fingerprint density at radius 2 is 2.15 bits per heavy atom. The van der Waals surface area contributed by atoms with E-state index in [4.69, 9.17) is 15.4 Å². The normalized spacial score (nSPS) is 15.5. The highest BCUT2D eigenvalue weighted by Gasteiger charge is 2.23. The second-order valence-corrected chi connectivity index (χ2v) is 7.20. The summed E-state index contributed by atoms with van der Waals surface area (Å²) in [4.78, 5) is 12.1. The zero-order valence-corrected chi connectivity index (χ0v) is 12.6. The van der Waals surface area contributed by atoms with Crippen LogP contribution in [0.1, 0.15) is 36.5 Å². The maximum absolute atomic E-state index is 12.2. The molecule has 0 aromatic heterocycles. The highest BCUT2D eigenvalue weighted by Crippen LogP contribution is 2.26. The van der Waals surface area contributed by atoms with Crippen LogP contribution in [0.25, 0.3) is 0 Å². The van der Waals surface area contributed by atoms with E-state index in [0.29, 0.717) is 12.4 Å². The average Bonchev–Trinajstić information content (AvgIpc) is 2.33. The van der Waals surface area contributed by atoms with Crippen molar-refractivity contribution in [2.45, 2.75) is 37.1 Å². The molecule has 0 aliphatic heterocycles. The molecule has 2 rings (SSSR count). The summed E-state index contributed by atoms with van der Waals surface area (Å²) in [5.74, 6) is 0.0220. The molecule has 0 unspecified atom stereocenters. The monoisotopic (exact) mass is 317 g/mol. The number of carbonyl (C=O) groups is 1. The lowest BCUT2D eigenvalue weighted by atomic mass is 9.93. The summed E-state index contributed by atoms with van der Waals surface area (Å²) in [5, 5.41) is 2.85. The minimum atomic E-state index is -3.87. The number of hydrogen-bond donors (Lipinski definition) is 1. The van der Waals surface area contributed by atoms with Gasteiger partial charge in [0.05, 0.1) is 17.1 Å². The van der Waals surface area contributed by atoms with Crippen molar-refractivity contribution < 1.29 is 17.9 Å². The van der Waals surface area contributed by atoms with E-state index in [1.807, 2.05) is 0 Å². The number of amides is 1. The van der Waals surface area contributed by atoms with Gasteiger partial charge in [-0.3, -0.25) is 4.79 Å². The largest absolute Gasteiger partial charge is 0.493 e. The lowest BCUT2D eigenvalue weighted by Gasteiger charge is -2.26. The fraction of sp³-hybridized carbons (Fsp3) is 0.462. The predicted molar refractivity (Wildman–Crippen MR) is 75.8 cm³/mol. The van der Waals surface area contributed by atoms with Crippen molar-refractivity contribution in [1.29, 1.82) is 0 Å². The molecular formula is C13H16ClNO4S. The lowest BCUT2D eigenvalue weighted by Crippen LogP contribution is -2.39. The first kappa shape index (κ1) is 15.1. The quantitative estimate of drug-likeness (QED) is 0.846. The standard InChI is InChI=1S/C13H16ClNO4S/c1-2-19-12-7-6-10(20(14,17)18)8-11(12)13(16)15-9-4-3-5-9/h6-9H,2-5H2,1H3,(H,15,16). The molecule has 1 aromatic carbocycles. The van der Waals surface area contributed by atoms with E-state index in [2.05, 4.69) is 5.32 Å². The molecule has 0 atom stereocenters. The van der Waals surface area contributed by atoms with Crippen molar-refractivity contribution in [3.63, 3.8) is 0 Å². The first-order chi connectivity index (χ1) is 9.41. The van der Waals surface area contributed by atoms with Crippen molar-refractivity contribution in [3.05, 3.63) is 23.8 Å². The fourth-order valence-corrected chi connectivity index (χ4v) is 2.71. The summed E-state index contributed by atoms with van der Waals surface area (Å²) < 4.78 is 28.1. The number of rotatable bonds is 5. The second-order valence-electron chi connectivity index (χ2n) is 4.63. The van der Waals surface area contributed by atoms with Gasteiger partial charge in [0.2, 0.25) is 0 Å². The zero-order chi connectivity index (χ0) is 14.8. The first-order valence-corrected chi connectivity index (χ1v) is 8.75. The van der Waals surface area contributed by atoms with Gasteiger partial charge in [-0.2, -0.15) is 0 Å². The third-order valence-electron chi connectivity index (χ3n) is 3.22. The molecule has 1 aromatic rings. The van der Waals surface area contributed by atoms with Gasteiger partial charge < -0.3 is 10.1 Å². The summed E-state index contributed by atoms with van der Waals surface area (Å²) in [5.41, 5.74) is 0.195. The molecular weight excluding hydrogens is 302 g/mol. The van der Waals surface area contributed by atoms with E-state index < -0.39 is 9.05 Å². The van der Waals surface area contributed by atoms with Gasteiger partial charge in [0.15, 0.2) is 0 Å². The molecule has 1 N–H and O–H groups in total. The minimum absolute atomic E-state index is 0.110. The van der Waals surface area contributed by atoms with Crippen molar-refractivity contribution in [2.24, 2.45) is 0 Å². The predicted octanol–water partition coefficient (Wildman–Crippen LogP) is 2.30. The Bertz CT molecular complexity index is 611. The van der Waals surface area contributed by atoms with Gasteiger partial charge in [0, 0.05) is 16.7 Å². The van der Waals surface area contributed by atoms with E-state index in [1.54, 1.807) is 6.92 Å². The zero-order valence-electron chi connectivity index (χ0n) is 11.1. The summed E-state index contributed by atoms with van der Waals surface area (Å²) in [6.45, 7) is 2.18. The van der Waals surface area contributed by atoms with Crippen LogP contribution in [0.3, 0.4) is 0 Å². The summed E-state index contributed by atoms with van der Waals surface area (Å²) in [6.07, 6.45) is 2.99. The Kier molecular flexibility index (Phi) is 4.55. The van der Waals surface area contributed by atoms with Crippen molar-refractivity contribution in [1.82, 2.24) is 5.32 Å². The minimum Gasteiger partial charge on any atom is -0.493 e. The van der Waals surface area contributed by atoms with Crippen LogP contribution in [-0.2, 0) is 9.05 Å². The average molecular weight is 318 g/mol. The molecule has 1 fully saturated rings. The highest BCUT2D eigenvalue weighted by molar-refractivity contribution is 8.13. The molecule has 0 spiro atoms. The van der Waals surface area contributed by atoms with Crippen LogP contribution >= 0.6 is 10.7 Å². The van der Waals surface area contributed by atoms with Crippen LogP contribution in [0.5, 0.6) is 5.75 Å². The first-order valence-electron chi connectivity index (χ1n) is 6.44. The van der Waals surface area contributed by atoms with Crippen molar-refractivity contribution in [3.8, 4) is 5.75 Å². The summed E-state index contributed by atoms with van der Waals surface area (Å²) in [6, 6.07) is 4.19. The maximum Gasteiger partial charge on any atom is 0.261 e. The Balaban J connectivity index is 2.32. The van der Waals surface area contributed by atoms with Gasteiger partial charge in [-0.05, 0) is 44.4 Å². The van der Waals surface area contributed by atoms with Crippen LogP contribution in [0, 0.1) is 0 Å². The molecule has 1 aliphatic carbocycles. The number of nitrogens with one attached hydrogen (secondary N) is 1. The summed E-state index contributed by atoms with van der Waals surface area (Å²) in [7, 11) is 1.43. The van der Waals surface area contributed by atoms with E-state index >= 15 is 0 Å². The van der Waals surface area contributed by atoms with Gasteiger partial charge in [-0.15, -0.1) is 0 Å². The van der Waals surface area contributed by atoms with Gasteiger partial charge in [-0.25, -0.2) is 8.42 Å². The number of carbonyl (C=O) groups excluding carboxylic acids is 1. The van der Waals surface area contributed by atoms with Gasteiger partial charge in [-0.1, -0.05) is 0 Å². The smallest absolute Gasteiger partial charge is 0.261 e. The third-order valence-corrected chi connectivity index (χ3v) is 4.57. The number of ether oxygens (including phenoxy) is 1. The lowest BCUT2D eigenvalue weighted by molar-refractivity contribution is 0.0913. The Morgan fingerprint density at radius 3 is 2.65 bits per heavy atom. The van der Waals surface area contributed by atoms with E-state index in [0.717, 1.165) is 19.3 Å². The van der Waals surface area contributed by atoms with Crippen LogP contribution < -0.4 is 10.1 Å². The maximum atomic E-state index is 12.2. The topological polar surface area (TPSA) is 72.5 Å². The van der Waals surface area contributed by atoms with E-state index in [1.165, 1.54) is 18.2 Å². The Morgan fingerprint density at radius 1 is 1.45 bits per heavy atom. The summed E-state index contributed by atoms with van der Waals surface area (Å²) >= 11 is 0. The molecule has 110 valence electrons. The highest BCUT2D eigenvalue weighted by atomic mass is 35.7. The number of hydrogen-bond acceptors (Lipinski definition) is 4. The third kappa shape index (κ3) is 3.43.